The van der Waals surface area contributed by atoms with Crippen LogP contribution in [-0.2, 0) is 24.4 Å². The maximum absolute atomic E-state index is 13.0. The van der Waals surface area contributed by atoms with E-state index in [-0.39, 0.29) is 62.3 Å². The Morgan fingerprint density at radius 2 is 1.50 bits per heavy atom. The van der Waals surface area contributed by atoms with Crippen LogP contribution in [0.25, 0.3) is 0 Å². The molecule has 0 saturated heterocycles. The molecule has 13 heteroatoms. The van der Waals surface area contributed by atoms with Gasteiger partial charge in [-0.15, -0.1) is 0 Å². The van der Waals surface area contributed by atoms with Crippen LogP contribution in [0, 0.1) is 11.8 Å². The Morgan fingerprint density at radius 1 is 0.947 bits per heavy atom. The van der Waals surface area contributed by atoms with Crippen molar-refractivity contribution in [3.63, 3.8) is 0 Å². The van der Waals surface area contributed by atoms with E-state index in [4.69, 9.17) is 25.6 Å². The van der Waals surface area contributed by atoms with E-state index in [1.165, 1.54) is 4.90 Å². The predicted molar refractivity (Wildman–Crippen MR) is 149 cm³/mol. The number of rotatable bonds is 11. The Labute approximate surface area is 258 Å². The summed E-state index contributed by atoms with van der Waals surface area (Å²) < 4.78 is 41.1. The molecule has 10 nitrogen and oxygen atoms in total. The van der Waals surface area contributed by atoms with Crippen molar-refractivity contribution in [1.82, 2.24) is 5.32 Å². The van der Waals surface area contributed by atoms with Crippen molar-refractivity contribution in [2.45, 2.75) is 25.7 Å². The Kier molecular flexibility index (Phi) is 15.7. The number of nitrogens with one attached hydrogen (secondary N) is 1. The molecule has 1 saturated carbocycles. The SMILES string of the molecule is O.O=C(COCC1CCC(COC(=O)N(c2ccccc2)c2ccc(Cl)cc2)CC1)NCCS(=O)(=O)O.[CaH2]. The molecule has 0 heterocycles. The van der Waals surface area contributed by atoms with Crippen LogP contribution in [0.15, 0.2) is 54.6 Å². The number of hydrogen-bond donors (Lipinski definition) is 2. The van der Waals surface area contributed by atoms with Crippen molar-refractivity contribution in [2.75, 3.05) is 37.0 Å². The molecule has 1 aliphatic carbocycles. The minimum absolute atomic E-state index is 0. The van der Waals surface area contributed by atoms with Crippen molar-refractivity contribution < 1.29 is 37.5 Å². The summed E-state index contributed by atoms with van der Waals surface area (Å²) in [5.41, 5.74) is 1.37. The van der Waals surface area contributed by atoms with Crippen LogP contribution in [0.2, 0.25) is 5.02 Å². The van der Waals surface area contributed by atoms with E-state index in [0.29, 0.717) is 35.5 Å². The number of carbonyl (C=O) groups is 2. The Hall–Kier alpha value is -1.44. The Morgan fingerprint density at radius 3 is 2.08 bits per heavy atom. The van der Waals surface area contributed by atoms with Gasteiger partial charge < -0.3 is 20.3 Å². The number of hydrogen-bond acceptors (Lipinski definition) is 6. The van der Waals surface area contributed by atoms with Crippen molar-refractivity contribution in [1.29, 1.82) is 0 Å². The van der Waals surface area contributed by atoms with Crippen molar-refractivity contribution in [3.8, 4) is 0 Å². The van der Waals surface area contributed by atoms with E-state index < -0.39 is 27.9 Å². The summed E-state index contributed by atoms with van der Waals surface area (Å²) in [7, 11) is -4.10. The van der Waals surface area contributed by atoms with Gasteiger partial charge in [-0.1, -0.05) is 29.8 Å². The quantitative estimate of drug-likeness (QED) is 0.298. The third kappa shape index (κ3) is 12.2. The molecule has 0 spiro atoms. The normalized spacial score (nSPS) is 16.9. The van der Waals surface area contributed by atoms with Crippen molar-refractivity contribution >= 4 is 82.8 Å². The van der Waals surface area contributed by atoms with Crippen molar-refractivity contribution in [2.24, 2.45) is 11.8 Å². The van der Waals surface area contributed by atoms with Gasteiger partial charge in [-0.2, -0.15) is 8.42 Å². The van der Waals surface area contributed by atoms with Crippen LogP contribution < -0.4 is 10.2 Å². The topological polar surface area (TPSA) is 154 Å². The number of para-hydroxylation sites is 1. The van der Waals surface area contributed by atoms with E-state index in [1.807, 2.05) is 30.3 Å². The molecular formula is C25H35CaClN2O8S. The van der Waals surface area contributed by atoms with Gasteiger partial charge in [-0.05, 0) is 73.9 Å². The van der Waals surface area contributed by atoms with E-state index in [1.54, 1.807) is 24.3 Å². The number of nitrogens with zero attached hydrogens (tertiary/aromatic N) is 1. The van der Waals surface area contributed by atoms with Gasteiger partial charge in [0, 0.05) is 11.6 Å². The molecule has 0 aliphatic heterocycles. The van der Waals surface area contributed by atoms with Gasteiger partial charge in [0.1, 0.15) is 6.61 Å². The van der Waals surface area contributed by atoms with Gasteiger partial charge in [-0.3, -0.25) is 9.35 Å². The summed E-state index contributed by atoms with van der Waals surface area (Å²) in [5.74, 6) is -0.409. The summed E-state index contributed by atoms with van der Waals surface area (Å²) >= 11 is 6.01. The first kappa shape index (κ1) is 34.6. The van der Waals surface area contributed by atoms with Crippen LogP contribution in [-0.4, -0.2) is 100 Å². The van der Waals surface area contributed by atoms with E-state index in [2.05, 4.69) is 5.32 Å². The molecule has 4 N–H and O–H groups in total. The van der Waals surface area contributed by atoms with E-state index >= 15 is 0 Å². The summed E-state index contributed by atoms with van der Waals surface area (Å²) in [6.07, 6.45) is 3.11. The van der Waals surface area contributed by atoms with E-state index in [9.17, 15) is 18.0 Å². The first-order valence-corrected chi connectivity index (χ1v) is 13.8. The second kappa shape index (κ2) is 17.3. The van der Waals surface area contributed by atoms with Gasteiger partial charge in [0.2, 0.25) is 5.91 Å². The van der Waals surface area contributed by atoms with Gasteiger partial charge in [0.05, 0.1) is 30.3 Å². The molecule has 1 fully saturated rings. The summed E-state index contributed by atoms with van der Waals surface area (Å²) in [5, 5.41) is 2.97. The second-order valence-corrected chi connectivity index (χ2v) is 10.8. The molecule has 0 atom stereocenters. The zero-order valence-corrected chi connectivity index (χ0v) is 21.9. The Bertz CT molecular complexity index is 1100. The van der Waals surface area contributed by atoms with Crippen LogP contribution >= 0.6 is 11.6 Å². The summed E-state index contributed by atoms with van der Waals surface area (Å²) in [6, 6.07) is 16.3. The summed E-state index contributed by atoms with van der Waals surface area (Å²) in [6.45, 7) is 0.420. The fraction of sp³-hybridized carbons (Fsp3) is 0.440. The minimum atomic E-state index is -4.10. The van der Waals surface area contributed by atoms with Gasteiger partial charge in [0.15, 0.2) is 0 Å². The molecule has 0 aromatic heterocycles. The standard InChI is InChI=1S/C25H31ClN2O7S.Ca.H2O.2H/c26-21-10-12-23(13-11-21)28(22-4-2-1-3-5-22)25(30)35-17-20-8-6-19(7-9-20)16-34-18-24(29)27-14-15-36(31,32)33;;;;/h1-5,10-13,19-20H,6-9,14-18H2,(H,27,29)(H,31,32,33);;1H2;;. The first-order chi connectivity index (χ1) is 17.2. The molecule has 2 amide bonds. The van der Waals surface area contributed by atoms with Gasteiger partial charge >= 0.3 is 43.8 Å². The molecule has 3 rings (SSSR count). The van der Waals surface area contributed by atoms with Gasteiger partial charge in [-0.25, -0.2) is 9.69 Å². The molecule has 38 heavy (non-hydrogen) atoms. The predicted octanol–water partition coefficient (Wildman–Crippen LogP) is 2.70. The molecule has 0 radical (unpaired) electrons. The van der Waals surface area contributed by atoms with E-state index in [0.717, 1.165) is 25.7 Å². The number of halogens is 1. The van der Waals surface area contributed by atoms with Crippen LogP contribution in [0.1, 0.15) is 25.7 Å². The fourth-order valence-corrected chi connectivity index (χ4v) is 4.52. The Balaban J connectivity index is 0.00000361. The number of ether oxygens (including phenoxy) is 2. The average molecular weight is 599 g/mol. The number of carbonyl (C=O) groups excluding carboxylic acids is 2. The zero-order valence-electron chi connectivity index (χ0n) is 20.3. The molecule has 0 unspecified atom stereocenters. The van der Waals surface area contributed by atoms with Crippen LogP contribution in [0.3, 0.4) is 0 Å². The average Bonchev–Trinajstić information content (AvgIpc) is 2.85. The molecule has 2 aromatic rings. The molecular weight excluding hydrogens is 564 g/mol. The first-order valence-electron chi connectivity index (χ1n) is 11.8. The summed E-state index contributed by atoms with van der Waals surface area (Å²) in [4.78, 5) is 26.2. The molecule has 208 valence electrons. The molecule has 2 aromatic carbocycles. The van der Waals surface area contributed by atoms with Crippen LogP contribution in [0.4, 0.5) is 16.2 Å². The molecule has 0 bridgehead atoms. The van der Waals surface area contributed by atoms with Gasteiger partial charge in [0.25, 0.3) is 10.1 Å². The molecule has 1 aliphatic rings. The van der Waals surface area contributed by atoms with Crippen LogP contribution in [0.5, 0.6) is 0 Å². The third-order valence-corrected chi connectivity index (χ3v) is 6.93. The third-order valence-electron chi connectivity index (χ3n) is 5.96. The number of benzene rings is 2. The van der Waals surface area contributed by atoms with Crippen molar-refractivity contribution in [3.05, 3.63) is 59.6 Å². The number of anilines is 2. The second-order valence-electron chi connectivity index (χ2n) is 8.76. The maximum atomic E-state index is 13.0. The zero-order chi connectivity index (χ0) is 26.0. The fourth-order valence-electron chi connectivity index (χ4n) is 4.03. The monoisotopic (exact) mass is 598 g/mol. The number of amides is 2.